The minimum absolute atomic E-state index is 0.0516. The standard InChI is InChI=1S/C15H25N3OS/c1-10-12(8-16-15(3,4)5)11(2)18-14(17-10)13-9-20-7-6-19-13/h13,16H,6-9H2,1-5H3. The molecule has 112 valence electrons. The summed E-state index contributed by atoms with van der Waals surface area (Å²) in [5.41, 5.74) is 3.42. The zero-order valence-electron chi connectivity index (χ0n) is 13.1. The van der Waals surface area contributed by atoms with Crippen LogP contribution < -0.4 is 5.32 Å². The van der Waals surface area contributed by atoms with Crippen LogP contribution in [0.3, 0.4) is 0 Å². The van der Waals surface area contributed by atoms with Crippen molar-refractivity contribution in [3.63, 3.8) is 0 Å². The van der Waals surface area contributed by atoms with Crippen LogP contribution in [0.25, 0.3) is 0 Å². The van der Waals surface area contributed by atoms with Crippen molar-refractivity contribution in [2.45, 2.75) is 52.8 Å². The molecule has 1 fully saturated rings. The quantitative estimate of drug-likeness (QED) is 0.929. The Bertz CT molecular complexity index is 442. The zero-order valence-corrected chi connectivity index (χ0v) is 13.9. The molecule has 2 rings (SSSR count). The molecule has 0 bridgehead atoms. The van der Waals surface area contributed by atoms with Gasteiger partial charge in [0.2, 0.25) is 0 Å². The van der Waals surface area contributed by atoms with E-state index in [0.29, 0.717) is 0 Å². The second-order valence-corrected chi connectivity index (χ2v) is 7.42. The third-order valence-corrected chi connectivity index (χ3v) is 4.33. The number of aromatic nitrogens is 2. The van der Waals surface area contributed by atoms with Crippen molar-refractivity contribution in [3.05, 3.63) is 22.8 Å². The summed E-state index contributed by atoms with van der Waals surface area (Å²) < 4.78 is 5.77. The van der Waals surface area contributed by atoms with Gasteiger partial charge in [-0.3, -0.25) is 0 Å². The summed E-state index contributed by atoms with van der Waals surface area (Å²) in [5.74, 6) is 2.87. The number of rotatable bonds is 3. The lowest BCUT2D eigenvalue weighted by molar-refractivity contribution is 0.0691. The van der Waals surface area contributed by atoms with E-state index < -0.39 is 0 Å². The summed E-state index contributed by atoms with van der Waals surface area (Å²) in [6.07, 6.45) is 0.0516. The van der Waals surface area contributed by atoms with Gasteiger partial charge in [-0.1, -0.05) is 0 Å². The second-order valence-electron chi connectivity index (χ2n) is 6.27. The van der Waals surface area contributed by atoms with Crippen LogP contribution in [0.5, 0.6) is 0 Å². The van der Waals surface area contributed by atoms with Gasteiger partial charge in [-0.25, -0.2) is 9.97 Å². The Morgan fingerprint density at radius 3 is 2.40 bits per heavy atom. The number of hydrogen-bond acceptors (Lipinski definition) is 5. The molecule has 0 aliphatic carbocycles. The largest absolute Gasteiger partial charge is 0.368 e. The maximum absolute atomic E-state index is 5.77. The Kier molecular flexibility index (Phi) is 5.04. The minimum Gasteiger partial charge on any atom is -0.368 e. The molecule has 0 amide bonds. The van der Waals surface area contributed by atoms with Gasteiger partial charge in [0.15, 0.2) is 5.82 Å². The highest BCUT2D eigenvalue weighted by Gasteiger charge is 2.21. The van der Waals surface area contributed by atoms with Crippen molar-refractivity contribution in [1.29, 1.82) is 0 Å². The lowest BCUT2D eigenvalue weighted by Gasteiger charge is -2.24. The highest BCUT2D eigenvalue weighted by Crippen LogP contribution is 2.25. The van der Waals surface area contributed by atoms with Crippen molar-refractivity contribution < 1.29 is 4.74 Å². The van der Waals surface area contributed by atoms with Crippen LogP contribution in [0.15, 0.2) is 0 Å². The Morgan fingerprint density at radius 2 is 1.90 bits per heavy atom. The molecular weight excluding hydrogens is 270 g/mol. The van der Waals surface area contributed by atoms with Crippen LogP contribution in [0, 0.1) is 13.8 Å². The van der Waals surface area contributed by atoms with Gasteiger partial charge in [0.1, 0.15) is 6.10 Å². The predicted octanol–water partition coefficient (Wildman–Crippen LogP) is 2.79. The van der Waals surface area contributed by atoms with E-state index in [-0.39, 0.29) is 11.6 Å². The van der Waals surface area contributed by atoms with Crippen LogP contribution in [0.1, 0.15) is 49.7 Å². The average molecular weight is 295 g/mol. The Labute approximate surface area is 126 Å². The molecule has 0 radical (unpaired) electrons. The number of nitrogens with one attached hydrogen (secondary N) is 1. The molecule has 0 spiro atoms. The van der Waals surface area contributed by atoms with Crippen molar-refractivity contribution in [3.8, 4) is 0 Å². The topological polar surface area (TPSA) is 47.0 Å². The van der Waals surface area contributed by atoms with Crippen LogP contribution in [-0.2, 0) is 11.3 Å². The number of aryl methyl sites for hydroxylation is 2. The summed E-state index contributed by atoms with van der Waals surface area (Å²) in [4.78, 5) is 9.34. The van der Waals surface area contributed by atoms with E-state index in [1.165, 1.54) is 5.56 Å². The molecule has 1 saturated heterocycles. The third kappa shape index (κ3) is 4.17. The molecule has 0 aromatic carbocycles. The first kappa shape index (κ1) is 15.7. The minimum atomic E-state index is 0.0516. The van der Waals surface area contributed by atoms with Crippen molar-refractivity contribution >= 4 is 11.8 Å². The maximum Gasteiger partial charge on any atom is 0.158 e. The number of nitrogens with zero attached hydrogens (tertiary/aromatic N) is 2. The van der Waals surface area contributed by atoms with E-state index in [2.05, 4.69) is 49.9 Å². The normalized spacial score (nSPS) is 20.1. The van der Waals surface area contributed by atoms with Crippen LogP contribution >= 0.6 is 11.8 Å². The van der Waals surface area contributed by atoms with E-state index in [4.69, 9.17) is 4.74 Å². The number of hydrogen-bond donors (Lipinski definition) is 1. The highest BCUT2D eigenvalue weighted by atomic mass is 32.2. The molecule has 1 unspecified atom stereocenters. The summed E-state index contributed by atoms with van der Waals surface area (Å²) >= 11 is 1.91. The van der Waals surface area contributed by atoms with Gasteiger partial charge >= 0.3 is 0 Å². The summed E-state index contributed by atoms with van der Waals surface area (Å²) in [6.45, 7) is 12.2. The first-order chi connectivity index (χ1) is 9.37. The summed E-state index contributed by atoms with van der Waals surface area (Å²) in [6, 6.07) is 0. The molecule has 5 heteroatoms. The molecule has 20 heavy (non-hydrogen) atoms. The Hall–Kier alpha value is -0.650. The predicted molar refractivity (Wildman–Crippen MR) is 84.1 cm³/mol. The molecule has 2 heterocycles. The SMILES string of the molecule is Cc1nc(C2CSCCO2)nc(C)c1CNC(C)(C)C. The fourth-order valence-corrected chi connectivity index (χ4v) is 3.00. The van der Waals surface area contributed by atoms with Crippen molar-refractivity contribution in [2.75, 3.05) is 18.1 Å². The molecule has 1 N–H and O–H groups in total. The van der Waals surface area contributed by atoms with Gasteiger partial charge in [-0.15, -0.1) is 0 Å². The summed E-state index contributed by atoms with van der Waals surface area (Å²) in [5, 5.41) is 3.50. The van der Waals surface area contributed by atoms with E-state index >= 15 is 0 Å². The molecule has 1 aromatic rings. The molecule has 1 aliphatic rings. The van der Waals surface area contributed by atoms with Crippen molar-refractivity contribution in [1.82, 2.24) is 15.3 Å². The number of ether oxygens (including phenoxy) is 1. The lowest BCUT2D eigenvalue weighted by atomic mass is 10.1. The fraction of sp³-hybridized carbons (Fsp3) is 0.733. The van der Waals surface area contributed by atoms with Gasteiger partial charge in [-0.2, -0.15) is 11.8 Å². The van der Waals surface area contributed by atoms with Crippen molar-refractivity contribution in [2.24, 2.45) is 0 Å². The number of thioether (sulfide) groups is 1. The van der Waals surface area contributed by atoms with E-state index in [1.807, 2.05) is 11.8 Å². The van der Waals surface area contributed by atoms with Crippen LogP contribution in [0.2, 0.25) is 0 Å². The summed E-state index contributed by atoms with van der Waals surface area (Å²) in [7, 11) is 0. The highest BCUT2D eigenvalue weighted by molar-refractivity contribution is 7.99. The molecule has 0 saturated carbocycles. The zero-order chi connectivity index (χ0) is 14.8. The first-order valence-electron chi connectivity index (χ1n) is 7.15. The Morgan fingerprint density at radius 1 is 1.25 bits per heavy atom. The lowest BCUT2D eigenvalue weighted by Crippen LogP contribution is -2.35. The maximum atomic E-state index is 5.77. The molecule has 4 nitrogen and oxygen atoms in total. The van der Waals surface area contributed by atoms with E-state index in [1.54, 1.807) is 0 Å². The van der Waals surface area contributed by atoms with E-state index in [9.17, 15) is 0 Å². The van der Waals surface area contributed by atoms with Crippen LogP contribution in [0.4, 0.5) is 0 Å². The van der Waals surface area contributed by atoms with Gasteiger partial charge in [0.25, 0.3) is 0 Å². The molecular formula is C15H25N3OS. The van der Waals surface area contributed by atoms with E-state index in [0.717, 1.165) is 41.9 Å². The molecule has 1 atom stereocenters. The van der Waals surface area contributed by atoms with Crippen LogP contribution in [-0.4, -0.2) is 33.6 Å². The monoisotopic (exact) mass is 295 g/mol. The van der Waals surface area contributed by atoms with Gasteiger partial charge in [0, 0.05) is 40.5 Å². The smallest absolute Gasteiger partial charge is 0.158 e. The van der Waals surface area contributed by atoms with Gasteiger partial charge in [-0.05, 0) is 34.6 Å². The average Bonchev–Trinajstić information content (AvgIpc) is 2.37. The van der Waals surface area contributed by atoms with Gasteiger partial charge in [0.05, 0.1) is 6.61 Å². The third-order valence-electron chi connectivity index (χ3n) is 3.34. The Balaban J connectivity index is 2.15. The fourth-order valence-electron chi connectivity index (χ4n) is 2.16. The second kappa shape index (κ2) is 6.41. The first-order valence-corrected chi connectivity index (χ1v) is 8.30. The van der Waals surface area contributed by atoms with Gasteiger partial charge < -0.3 is 10.1 Å². The molecule has 1 aliphatic heterocycles. The molecule has 1 aromatic heterocycles.